The van der Waals surface area contributed by atoms with Crippen LogP contribution in [0.25, 0.3) is 0 Å². The van der Waals surface area contributed by atoms with Crippen LogP contribution in [-0.4, -0.2) is 15.1 Å². The normalized spacial score (nSPS) is 13.9. The Kier molecular flexibility index (Phi) is 3.60. The smallest absolute Gasteiger partial charge is 0.147 e. The fourth-order valence-corrected chi connectivity index (χ4v) is 2.07. The van der Waals surface area contributed by atoms with Crippen molar-refractivity contribution < 1.29 is 4.79 Å². The van der Waals surface area contributed by atoms with E-state index in [2.05, 4.69) is 30.1 Å². The highest BCUT2D eigenvalue weighted by Gasteiger charge is 2.23. The molecule has 0 spiro atoms. The first-order valence-corrected chi connectivity index (χ1v) is 6.00. The topological polar surface area (TPSA) is 42.9 Å². The first-order chi connectivity index (χ1) is 6.86. The van der Waals surface area contributed by atoms with E-state index in [0.717, 1.165) is 10.8 Å². The van der Waals surface area contributed by atoms with Crippen molar-refractivity contribution in [3.05, 3.63) is 10.8 Å². The summed E-state index contributed by atoms with van der Waals surface area (Å²) < 4.78 is 4.30. The molecule has 1 rings (SSSR count). The van der Waals surface area contributed by atoms with E-state index >= 15 is 0 Å². The molecule has 0 N–H and O–H groups in total. The van der Waals surface area contributed by atoms with Crippen LogP contribution >= 0.6 is 11.5 Å². The molecule has 0 aliphatic heterocycles. The summed E-state index contributed by atoms with van der Waals surface area (Å²) >= 11 is 1.35. The van der Waals surface area contributed by atoms with Crippen LogP contribution in [-0.2, 0) is 10.2 Å². The lowest BCUT2D eigenvalue weighted by Gasteiger charge is -2.12. The lowest BCUT2D eigenvalue weighted by atomic mass is 9.96. The number of carbonyl (C=O) groups is 1. The Balaban J connectivity index is 2.89. The van der Waals surface area contributed by atoms with E-state index in [0.29, 0.717) is 6.42 Å². The summed E-state index contributed by atoms with van der Waals surface area (Å²) in [7, 11) is 0. The summed E-state index contributed by atoms with van der Waals surface area (Å²) in [5.41, 5.74) is -0.0380. The average molecular weight is 226 g/mol. The molecule has 15 heavy (non-hydrogen) atoms. The molecule has 84 valence electrons. The molecule has 1 aromatic heterocycles. The van der Waals surface area contributed by atoms with Gasteiger partial charge in [-0.1, -0.05) is 27.7 Å². The standard InChI is InChI=1S/C11H18N2OS/c1-6-8(14)7(2)9-12-10(13-15-9)11(3,4)5/h7H,6H2,1-5H3. The van der Waals surface area contributed by atoms with Crippen LogP contribution in [0.15, 0.2) is 0 Å². The maximum Gasteiger partial charge on any atom is 0.147 e. The molecule has 1 atom stereocenters. The minimum absolute atomic E-state index is 0.0380. The highest BCUT2D eigenvalue weighted by atomic mass is 32.1. The summed E-state index contributed by atoms with van der Waals surface area (Å²) in [6.45, 7) is 10.0. The van der Waals surface area contributed by atoms with Crippen molar-refractivity contribution in [1.82, 2.24) is 9.36 Å². The van der Waals surface area contributed by atoms with E-state index in [1.807, 2.05) is 13.8 Å². The Morgan fingerprint density at radius 1 is 1.47 bits per heavy atom. The molecule has 1 unspecified atom stereocenters. The number of hydrogen-bond acceptors (Lipinski definition) is 4. The SMILES string of the molecule is CCC(=O)C(C)c1nc(C(C)(C)C)ns1. The maximum absolute atomic E-state index is 11.5. The third-order valence-corrected chi connectivity index (χ3v) is 3.21. The van der Waals surface area contributed by atoms with Crippen LogP contribution in [0, 0.1) is 0 Å². The predicted octanol–water partition coefficient (Wildman–Crippen LogP) is 2.92. The van der Waals surface area contributed by atoms with Gasteiger partial charge in [0.1, 0.15) is 16.6 Å². The van der Waals surface area contributed by atoms with Gasteiger partial charge >= 0.3 is 0 Å². The fourth-order valence-electron chi connectivity index (χ4n) is 1.16. The molecule has 0 aliphatic carbocycles. The number of rotatable bonds is 3. The molecule has 3 nitrogen and oxygen atoms in total. The molecule has 0 aromatic carbocycles. The van der Waals surface area contributed by atoms with Crippen molar-refractivity contribution in [3.63, 3.8) is 0 Å². The van der Waals surface area contributed by atoms with E-state index in [1.54, 1.807) is 0 Å². The quantitative estimate of drug-likeness (QED) is 0.796. The van der Waals surface area contributed by atoms with Crippen LogP contribution in [0.5, 0.6) is 0 Å². The van der Waals surface area contributed by atoms with Crippen molar-refractivity contribution in [2.75, 3.05) is 0 Å². The minimum atomic E-state index is -0.108. The van der Waals surface area contributed by atoms with Crippen molar-refractivity contribution in [3.8, 4) is 0 Å². The molecule has 0 aliphatic rings. The lowest BCUT2D eigenvalue weighted by molar-refractivity contribution is -0.119. The van der Waals surface area contributed by atoms with Gasteiger partial charge < -0.3 is 0 Å². The molecular weight excluding hydrogens is 208 g/mol. The highest BCUT2D eigenvalue weighted by molar-refractivity contribution is 7.05. The van der Waals surface area contributed by atoms with Crippen molar-refractivity contribution >= 4 is 17.3 Å². The molecule has 0 saturated carbocycles. The predicted molar refractivity (Wildman–Crippen MR) is 62.3 cm³/mol. The van der Waals surface area contributed by atoms with Gasteiger partial charge in [0.25, 0.3) is 0 Å². The van der Waals surface area contributed by atoms with Gasteiger partial charge in [0.15, 0.2) is 0 Å². The van der Waals surface area contributed by atoms with Crippen molar-refractivity contribution in [1.29, 1.82) is 0 Å². The Morgan fingerprint density at radius 2 is 2.07 bits per heavy atom. The van der Waals surface area contributed by atoms with Crippen LogP contribution in [0.1, 0.15) is 57.8 Å². The zero-order valence-corrected chi connectivity index (χ0v) is 10.8. The molecule has 4 heteroatoms. The molecular formula is C11H18N2OS. The lowest BCUT2D eigenvalue weighted by Crippen LogP contribution is -2.14. The van der Waals surface area contributed by atoms with Gasteiger partial charge in [0, 0.05) is 11.8 Å². The summed E-state index contributed by atoms with van der Waals surface area (Å²) in [4.78, 5) is 15.9. The number of ketones is 1. The zero-order valence-electron chi connectivity index (χ0n) is 10.00. The first-order valence-electron chi connectivity index (χ1n) is 5.23. The third-order valence-electron chi connectivity index (χ3n) is 2.31. The summed E-state index contributed by atoms with van der Waals surface area (Å²) in [5, 5.41) is 0.840. The first kappa shape index (κ1) is 12.3. The summed E-state index contributed by atoms with van der Waals surface area (Å²) in [6, 6.07) is 0. The zero-order chi connectivity index (χ0) is 11.6. The van der Waals surface area contributed by atoms with E-state index in [9.17, 15) is 4.79 Å². The van der Waals surface area contributed by atoms with E-state index in [4.69, 9.17) is 0 Å². The molecule has 0 bridgehead atoms. The molecule has 0 amide bonds. The second kappa shape index (κ2) is 4.39. The largest absolute Gasteiger partial charge is 0.299 e. The Morgan fingerprint density at radius 3 is 2.47 bits per heavy atom. The molecule has 1 heterocycles. The van der Waals surface area contributed by atoms with Crippen molar-refractivity contribution in [2.45, 2.75) is 52.4 Å². The Hall–Kier alpha value is -0.770. The van der Waals surface area contributed by atoms with Gasteiger partial charge in [0.05, 0.1) is 5.92 Å². The van der Waals surface area contributed by atoms with Gasteiger partial charge in [-0.15, -0.1) is 0 Å². The molecule has 0 fully saturated rings. The van der Waals surface area contributed by atoms with E-state index < -0.39 is 0 Å². The molecule has 0 saturated heterocycles. The summed E-state index contributed by atoms with van der Waals surface area (Å²) in [6.07, 6.45) is 0.561. The van der Waals surface area contributed by atoms with E-state index in [-0.39, 0.29) is 17.1 Å². The Labute approximate surface area is 95.1 Å². The fraction of sp³-hybridized carbons (Fsp3) is 0.727. The summed E-state index contributed by atoms with van der Waals surface area (Å²) in [5.74, 6) is 0.952. The number of Topliss-reactive ketones (excluding diaryl/α,β-unsaturated/α-hetero) is 1. The van der Waals surface area contributed by atoms with Crippen LogP contribution in [0.3, 0.4) is 0 Å². The van der Waals surface area contributed by atoms with Gasteiger partial charge in [-0.05, 0) is 18.5 Å². The second-order valence-corrected chi connectivity index (χ2v) is 5.53. The van der Waals surface area contributed by atoms with Crippen LogP contribution < -0.4 is 0 Å². The molecule has 0 radical (unpaired) electrons. The van der Waals surface area contributed by atoms with Crippen LogP contribution in [0.4, 0.5) is 0 Å². The third kappa shape index (κ3) is 2.84. The van der Waals surface area contributed by atoms with Gasteiger partial charge in [-0.2, -0.15) is 4.37 Å². The number of carbonyl (C=O) groups excluding carboxylic acids is 1. The van der Waals surface area contributed by atoms with Crippen LogP contribution in [0.2, 0.25) is 0 Å². The monoisotopic (exact) mass is 226 g/mol. The average Bonchev–Trinajstić information content (AvgIpc) is 2.63. The van der Waals surface area contributed by atoms with Gasteiger partial charge in [-0.3, -0.25) is 4.79 Å². The van der Waals surface area contributed by atoms with Crippen molar-refractivity contribution in [2.24, 2.45) is 0 Å². The number of aromatic nitrogens is 2. The number of nitrogens with zero attached hydrogens (tertiary/aromatic N) is 2. The van der Waals surface area contributed by atoms with Gasteiger partial charge in [-0.25, -0.2) is 4.98 Å². The highest BCUT2D eigenvalue weighted by Crippen LogP contribution is 2.25. The molecule has 1 aromatic rings. The second-order valence-electron chi connectivity index (χ2n) is 4.75. The van der Waals surface area contributed by atoms with Gasteiger partial charge in [0.2, 0.25) is 0 Å². The van der Waals surface area contributed by atoms with E-state index in [1.165, 1.54) is 11.5 Å². The maximum atomic E-state index is 11.5. The Bertz CT molecular complexity index is 352. The number of hydrogen-bond donors (Lipinski definition) is 0. The minimum Gasteiger partial charge on any atom is -0.299 e.